The van der Waals surface area contributed by atoms with Gasteiger partial charge in [0.2, 0.25) is 0 Å². The molecule has 0 heterocycles. The fourth-order valence-corrected chi connectivity index (χ4v) is 3.55. The van der Waals surface area contributed by atoms with Crippen LogP contribution in [0, 0.1) is 0 Å². The average molecular weight is 304 g/mol. The van der Waals surface area contributed by atoms with Crippen molar-refractivity contribution in [2.45, 2.75) is 64.2 Å². The molecule has 1 saturated carbocycles. The van der Waals surface area contributed by atoms with E-state index in [1.165, 1.54) is 12.5 Å². The van der Waals surface area contributed by atoms with Crippen LogP contribution in [0.15, 0.2) is 12.1 Å². The molecule has 1 fully saturated rings. The molecule has 120 valence electrons. The number of rotatable bonds is 5. The van der Waals surface area contributed by atoms with Gasteiger partial charge in [-0.2, -0.15) is 0 Å². The molecule has 0 aromatic heterocycles. The second-order valence-corrected chi connectivity index (χ2v) is 6.25. The van der Waals surface area contributed by atoms with Gasteiger partial charge in [0.05, 0.1) is 11.1 Å². The van der Waals surface area contributed by atoms with Gasteiger partial charge in [-0.05, 0) is 48.3 Å². The second-order valence-electron chi connectivity index (χ2n) is 6.25. The quantitative estimate of drug-likeness (QED) is 0.830. The first-order valence-corrected chi connectivity index (χ1v) is 8.10. The summed E-state index contributed by atoms with van der Waals surface area (Å²) in [5, 5.41) is 18.9. The summed E-state index contributed by atoms with van der Waals surface area (Å²) in [5.74, 6) is -1.90. The normalized spacial score (nSPS) is 17.2. The number of hydrogen-bond acceptors (Lipinski definition) is 2. The van der Waals surface area contributed by atoms with Gasteiger partial charge in [-0.15, -0.1) is 0 Å². The van der Waals surface area contributed by atoms with E-state index < -0.39 is 11.9 Å². The number of carbonyl (C=O) groups is 2. The average Bonchev–Trinajstić information content (AvgIpc) is 2.53. The number of carboxylic acid groups (broad SMARTS) is 2. The molecule has 0 amide bonds. The highest BCUT2D eigenvalue weighted by Crippen LogP contribution is 2.39. The van der Waals surface area contributed by atoms with Crippen LogP contribution in [0.3, 0.4) is 0 Å². The van der Waals surface area contributed by atoms with E-state index in [0.717, 1.165) is 43.2 Å². The molecule has 4 heteroatoms. The third-order valence-electron chi connectivity index (χ3n) is 4.87. The zero-order valence-electron chi connectivity index (χ0n) is 13.3. The minimum atomic E-state index is -1.17. The molecule has 0 aliphatic heterocycles. The van der Waals surface area contributed by atoms with Crippen molar-refractivity contribution in [3.05, 3.63) is 34.4 Å². The van der Waals surface area contributed by atoms with Crippen molar-refractivity contribution in [1.29, 1.82) is 0 Å². The molecular weight excluding hydrogens is 280 g/mol. The number of benzene rings is 1. The lowest BCUT2D eigenvalue weighted by Gasteiger charge is -2.28. The van der Waals surface area contributed by atoms with E-state index in [0.29, 0.717) is 5.92 Å². The van der Waals surface area contributed by atoms with Crippen molar-refractivity contribution in [2.24, 2.45) is 0 Å². The number of hydrogen-bond donors (Lipinski definition) is 2. The summed E-state index contributed by atoms with van der Waals surface area (Å²) in [4.78, 5) is 23.2. The van der Waals surface area contributed by atoms with E-state index in [9.17, 15) is 19.8 Å². The fraction of sp³-hybridized carbons (Fsp3) is 0.556. The van der Waals surface area contributed by atoms with Crippen LogP contribution in [-0.4, -0.2) is 22.2 Å². The molecule has 22 heavy (non-hydrogen) atoms. The minimum absolute atomic E-state index is 0.00933. The largest absolute Gasteiger partial charge is 0.478 e. The van der Waals surface area contributed by atoms with Crippen LogP contribution in [0.5, 0.6) is 0 Å². The van der Waals surface area contributed by atoms with E-state index >= 15 is 0 Å². The first-order valence-electron chi connectivity index (χ1n) is 8.10. The van der Waals surface area contributed by atoms with Gasteiger partial charge < -0.3 is 10.2 Å². The molecule has 1 aromatic rings. The standard InChI is InChI=1S/C18H24O4/c1-3-11(2)15-13(12-7-5-4-6-8-12)9-10-14(17(19)20)16(15)18(21)22/h9-12H,3-8H2,1-2H3,(H,19,20)(H,21,22). The summed E-state index contributed by atoms with van der Waals surface area (Å²) < 4.78 is 0. The Morgan fingerprint density at radius 1 is 1.14 bits per heavy atom. The molecule has 2 rings (SSSR count). The van der Waals surface area contributed by atoms with Crippen molar-refractivity contribution < 1.29 is 19.8 Å². The molecule has 1 aliphatic carbocycles. The first-order chi connectivity index (χ1) is 10.5. The fourth-order valence-electron chi connectivity index (χ4n) is 3.55. The molecule has 0 radical (unpaired) electrons. The van der Waals surface area contributed by atoms with Gasteiger partial charge in [0, 0.05) is 0 Å². The molecule has 1 unspecified atom stereocenters. The Morgan fingerprint density at radius 3 is 2.27 bits per heavy atom. The Labute approximate surface area is 131 Å². The van der Waals surface area contributed by atoms with Crippen LogP contribution in [-0.2, 0) is 0 Å². The molecule has 0 bridgehead atoms. The van der Waals surface area contributed by atoms with Crippen LogP contribution >= 0.6 is 0 Å². The molecule has 0 saturated heterocycles. The van der Waals surface area contributed by atoms with E-state index in [-0.39, 0.29) is 17.0 Å². The van der Waals surface area contributed by atoms with Crippen molar-refractivity contribution in [1.82, 2.24) is 0 Å². The Bertz CT molecular complexity index is 571. The highest BCUT2D eigenvalue weighted by atomic mass is 16.4. The zero-order valence-corrected chi connectivity index (χ0v) is 13.3. The molecule has 2 N–H and O–H groups in total. The van der Waals surface area contributed by atoms with Gasteiger partial charge >= 0.3 is 11.9 Å². The molecule has 0 spiro atoms. The van der Waals surface area contributed by atoms with Crippen LogP contribution in [0.2, 0.25) is 0 Å². The maximum absolute atomic E-state index is 11.7. The second kappa shape index (κ2) is 6.95. The van der Waals surface area contributed by atoms with Gasteiger partial charge in [0.1, 0.15) is 0 Å². The molecule has 4 nitrogen and oxygen atoms in total. The Kier molecular flexibility index (Phi) is 5.22. The maximum Gasteiger partial charge on any atom is 0.336 e. The summed E-state index contributed by atoms with van der Waals surface area (Å²) in [6.45, 7) is 3.99. The Balaban J connectivity index is 2.65. The van der Waals surface area contributed by atoms with Crippen LogP contribution in [0.4, 0.5) is 0 Å². The highest BCUT2D eigenvalue weighted by molar-refractivity contribution is 6.03. The molecule has 1 aromatic carbocycles. The van der Waals surface area contributed by atoms with E-state index in [1.807, 2.05) is 19.9 Å². The van der Waals surface area contributed by atoms with Crippen LogP contribution in [0.1, 0.15) is 96.1 Å². The van der Waals surface area contributed by atoms with Gasteiger partial charge in [-0.3, -0.25) is 0 Å². The summed E-state index contributed by atoms with van der Waals surface area (Å²) in [6.07, 6.45) is 6.47. The van der Waals surface area contributed by atoms with E-state index in [1.54, 1.807) is 0 Å². The smallest absolute Gasteiger partial charge is 0.336 e. The lowest BCUT2D eigenvalue weighted by Crippen LogP contribution is -2.18. The third kappa shape index (κ3) is 3.16. The lowest BCUT2D eigenvalue weighted by molar-refractivity contribution is 0.0650. The van der Waals surface area contributed by atoms with Gasteiger partial charge in [-0.1, -0.05) is 39.2 Å². The minimum Gasteiger partial charge on any atom is -0.478 e. The summed E-state index contributed by atoms with van der Waals surface area (Å²) in [5.41, 5.74) is 1.69. The van der Waals surface area contributed by atoms with Crippen LogP contribution < -0.4 is 0 Å². The van der Waals surface area contributed by atoms with E-state index in [4.69, 9.17) is 0 Å². The molecular formula is C18H24O4. The van der Waals surface area contributed by atoms with E-state index in [2.05, 4.69) is 0 Å². The van der Waals surface area contributed by atoms with Gasteiger partial charge in [-0.25, -0.2) is 9.59 Å². The maximum atomic E-state index is 11.7. The number of aromatic carboxylic acids is 2. The first kappa shape index (κ1) is 16.5. The molecule has 1 aliphatic rings. The van der Waals surface area contributed by atoms with Crippen LogP contribution in [0.25, 0.3) is 0 Å². The summed E-state index contributed by atoms with van der Waals surface area (Å²) in [6, 6.07) is 3.33. The third-order valence-corrected chi connectivity index (χ3v) is 4.87. The van der Waals surface area contributed by atoms with Crippen molar-refractivity contribution in [2.75, 3.05) is 0 Å². The zero-order chi connectivity index (χ0) is 16.3. The van der Waals surface area contributed by atoms with Crippen molar-refractivity contribution in [3.8, 4) is 0 Å². The van der Waals surface area contributed by atoms with Crippen molar-refractivity contribution >= 4 is 11.9 Å². The van der Waals surface area contributed by atoms with Crippen molar-refractivity contribution in [3.63, 3.8) is 0 Å². The van der Waals surface area contributed by atoms with Gasteiger partial charge in [0.25, 0.3) is 0 Å². The Hall–Kier alpha value is -1.84. The summed E-state index contributed by atoms with van der Waals surface area (Å²) >= 11 is 0. The topological polar surface area (TPSA) is 74.6 Å². The predicted molar refractivity (Wildman–Crippen MR) is 84.9 cm³/mol. The molecule has 1 atom stereocenters. The highest BCUT2D eigenvalue weighted by Gasteiger charge is 2.28. The number of carboxylic acids is 2. The predicted octanol–water partition coefficient (Wildman–Crippen LogP) is 4.64. The Morgan fingerprint density at radius 2 is 1.77 bits per heavy atom. The SMILES string of the molecule is CCC(C)c1c(C2CCCCC2)ccc(C(=O)O)c1C(=O)O. The lowest BCUT2D eigenvalue weighted by atomic mass is 9.77. The monoisotopic (exact) mass is 304 g/mol. The van der Waals surface area contributed by atoms with Gasteiger partial charge in [0.15, 0.2) is 0 Å². The summed E-state index contributed by atoms with van der Waals surface area (Å²) in [7, 11) is 0.